The van der Waals surface area contributed by atoms with Crippen LogP contribution < -0.4 is 5.32 Å². The largest absolute Gasteiger partial charge is 0.478 e. The summed E-state index contributed by atoms with van der Waals surface area (Å²) in [5, 5.41) is 11.5. The van der Waals surface area contributed by atoms with Crippen molar-refractivity contribution >= 4 is 17.7 Å². The molecule has 16 heavy (non-hydrogen) atoms. The number of anilines is 1. The average Bonchev–Trinajstić information content (AvgIpc) is 2.15. The molecule has 2 N–H and O–H groups in total. The number of likely N-dealkylation sites (tertiary alicyclic amines) is 1. The fourth-order valence-electron chi connectivity index (χ4n) is 1.49. The van der Waals surface area contributed by atoms with Crippen LogP contribution in [0.1, 0.15) is 16.8 Å². The van der Waals surface area contributed by atoms with Crippen molar-refractivity contribution in [3.8, 4) is 0 Å². The Morgan fingerprint density at radius 3 is 2.50 bits per heavy atom. The third-order valence-electron chi connectivity index (χ3n) is 2.54. The molecule has 0 radical (unpaired) electrons. The van der Waals surface area contributed by atoms with Crippen LogP contribution in [0.3, 0.4) is 0 Å². The molecule has 1 aromatic rings. The van der Waals surface area contributed by atoms with E-state index < -0.39 is 5.97 Å². The molecule has 5 heteroatoms. The summed E-state index contributed by atoms with van der Waals surface area (Å²) in [6.45, 7) is 1.47. The van der Waals surface area contributed by atoms with Crippen LogP contribution in [0.25, 0.3) is 0 Å². The van der Waals surface area contributed by atoms with Crippen molar-refractivity contribution in [3.63, 3.8) is 0 Å². The molecule has 0 unspecified atom stereocenters. The highest BCUT2D eigenvalue weighted by Gasteiger charge is 2.21. The van der Waals surface area contributed by atoms with E-state index >= 15 is 0 Å². The molecule has 0 saturated carbocycles. The van der Waals surface area contributed by atoms with E-state index in [1.807, 2.05) is 0 Å². The Labute approximate surface area is 92.7 Å². The summed E-state index contributed by atoms with van der Waals surface area (Å²) in [6.07, 6.45) is 1.01. The molecule has 0 spiro atoms. The number of carboxylic acid groups (broad SMARTS) is 1. The molecule has 1 heterocycles. The van der Waals surface area contributed by atoms with E-state index in [1.54, 1.807) is 23.1 Å². The predicted molar refractivity (Wildman–Crippen MR) is 58.6 cm³/mol. The quantitative estimate of drug-likeness (QED) is 0.795. The molecule has 1 aromatic carbocycles. The summed E-state index contributed by atoms with van der Waals surface area (Å²) in [5.41, 5.74) is 0.447. The van der Waals surface area contributed by atoms with Crippen molar-refractivity contribution in [2.75, 3.05) is 18.4 Å². The van der Waals surface area contributed by atoms with Gasteiger partial charge in [-0.3, -0.25) is 0 Å². The Balaban J connectivity index is 2.13. The van der Waals surface area contributed by atoms with Crippen LogP contribution in [-0.4, -0.2) is 35.1 Å². The number of carbonyl (C=O) groups is 2. The summed E-state index contributed by atoms with van der Waals surface area (Å²) in [4.78, 5) is 24.1. The minimum absolute atomic E-state index is 0.108. The van der Waals surface area contributed by atoms with Gasteiger partial charge in [0.05, 0.1) is 11.3 Å². The van der Waals surface area contributed by atoms with Crippen LogP contribution in [0, 0.1) is 0 Å². The Kier molecular flexibility index (Phi) is 2.76. The van der Waals surface area contributed by atoms with Crippen LogP contribution in [0.5, 0.6) is 0 Å². The SMILES string of the molecule is O=C(O)c1ccccc1NC(=O)N1CCC1. The predicted octanol–water partition coefficient (Wildman–Crippen LogP) is 1.62. The highest BCUT2D eigenvalue weighted by Crippen LogP contribution is 2.16. The van der Waals surface area contributed by atoms with Gasteiger partial charge in [-0.25, -0.2) is 9.59 Å². The molecule has 1 aliphatic heterocycles. The topological polar surface area (TPSA) is 69.6 Å². The second kappa shape index (κ2) is 4.22. The number of carboxylic acids is 1. The fourth-order valence-corrected chi connectivity index (χ4v) is 1.49. The number of nitrogens with one attached hydrogen (secondary N) is 1. The Bertz CT molecular complexity index is 427. The Morgan fingerprint density at radius 1 is 1.25 bits per heavy atom. The van der Waals surface area contributed by atoms with Gasteiger partial charge in [0.25, 0.3) is 0 Å². The number of hydrogen-bond donors (Lipinski definition) is 2. The molecule has 2 amide bonds. The van der Waals surface area contributed by atoms with Crippen LogP contribution in [0.2, 0.25) is 0 Å². The first-order chi connectivity index (χ1) is 7.68. The van der Waals surface area contributed by atoms with Gasteiger partial charge in [-0.2, -0.15) is 0 Å². The molecule has 1 fully saturated rings. The summed E-state index contributed by atoms with van der Waals surface area (Å²) >= 11 is 0. The maximum Gasteiger partial charge on any atom is 0.337 e. The van der Waals surface area contributed by atoms with Crippen LogP contribution in [-0.2, 0) is 0 Å². The van der Waals surface area contributed by atoms with E-state index in [2.05, 4.69) is 5.32 Å². The third-order valence-corrected chi connectivity index (χ3v) is 2.54. The minimum atomic E-state index is -1.04. The van der Waals surface area contributed by atoms with Gasteiger partial charge in [0.1, 0.15) is 0 Å². The molecule has 0 aliphatic carbocycles. The van der Waals surface area contributed by atoms with Crippen molar-refractivity contribution in [2.24, 2.45) is 0 Å². The van der Waals surface area contributed by atoms with Crippen molar-refractivity contribution in [1.29, 1.82) is 0 Å². The zero-order valence-corrected chi connectivity index (χ0v) is 8.64. The number of carbonyl (C=O) groups excluding carboxylic acids is 1. The fraction of sp³-hybridized carbons (Fsp3) is 0.273. The van der Waals surface area contributed by atoms with Crippen LogP contribution in [0.15, 0.2) is 24.3 Å². The number of benzene rings is 1. The number of amides is 2. The summed E-state index contributed by atoms with van der Waals surface area (Å²) in [7, 11) is 0. The smallest absolute Gasteiger partial charge is 0.337 e. The zero-order chi connectivity index (χ0) is 11.5. The number of rotatable bonds is 2. The van der Waals surface area contributed by atoms with Gasteiger partial charge >= 0.3 is 12.0 Å². The van der Waals surface area contributed by atoms with E-state index in [9.17, 15) is 9.59 Å². The van der Waals surface area contributed by atoms with Crippen LogP contribution in [0.4, 0.5) is 10.5 Å². The second-order valence-corrected chi connectivity index (χ2v) is 3.62. The van der Waals surface area contributed by atoms with Crippen molar-refractivity contribution < 1.29 is 14.7 Å². The first-order valence-corrected chi connectivity index (χ1v) is 5.07. The summed E-state index contributed by atoms with van der Waals surface area (Å²) < 4.78 is 0. The number of hydrogen-bond acceptors (Lipinski definition) is 2. The highest BCUT2D eigenvalue weighted by atomic mass is 16.4. The third kappa shape index (κ3) is 1.98. The maximum absolute atomic E-state index is 11.6. The Morgan fingerprint density at radius 2 is 1.94 bits per heavy atom. The molecular weight excluding hydrogens is 208 g/mol. The van der Waals surface area contributed by atoms with Gasteiger partial charge in [0, 0.05) is 13.1 Å². The van der Waals surface area contributed by atoms with Crippen molar-refractivity contribution in [2.45, 2.75) is 6.42 Å². The normalized spacial score (nSPS) is 14.1. The maximum atomic E-state index is 11.6. The van der Waals surface area contributed by atoms with Gasteiger partial charge in [0.2, 0.25) is 0 Å². The lowest BCUT2D eigenvalue weighted by molar-refractivity contribution is 0.0698. The van der Waals surface area contributed by atoms with E-state index in [0.717, 1.165) is 19.5 Å². The second-order valence-electron chi connectivity index (χ2n) is 3.62. The lowest BCUT2D eigenvalue weighted by atomic mass is 10.2. The number of para-hydroxylation sites is 1. The molecule has 5 nitrogen and oxygen atoms in total. The first-order valence-electron chi connectivity index (χ1n) is 5.07. The Hall–Kier alpha value is -2.04. The number of urea groups is 1. The average molecular weight is 220 g/mol. The lowest BCUT2D eigenvalue weighted by Crippen LogP contribution is -2.44. The highest BCUT2D eigenvalue weighted by molar-refractivity contribution is 6.00. The molecular formula is C11H12N2O3. The molecule has 84 valence electrons. The number of nitrogens with zero attached hydrogens (tertiary/aromatic N) is 1. The molecule has 2 rings (SSSR count). The van der Waals surface area contributed by atoms with E-state index in [1.165, 1.54) is 6.07 Å². The van der Waals surface area contributed by atoms with Crippen LogP contribution >= 0.6 is 0 Å². The van der Waals surface area contributed by atoms with Gasteiger partial charge in [-0.05, 0) is 18.6 Å². The molecule has 1 saturated heterocycles. The zero-order valence-electron chi connectivity index (χ0n) is 8.64. The van der Waals surface area contributed by atoms with E-state index in [0.29, 0.717) is 5.69 Å². The van der Waals surface area contributed by atoms with Gasteiger partial charge in [-0.1, -0.05) is 12.1 Å². The summed E-state index contributed by atoms with van der Waals surface area (Å²) in [6, 6.07) is 6.13. The molecule has 0 bridgehead atoms. The first kappa shape index (κ1) is 10.5. The minimum Gasteiger partial charge on any atom is -0.478 e. The monoisotopic (exact) mass is 220 g/mol. The van der Waals surface area contributed by atoms with E-state index in [-0.39, 0.29) is 11.6 Å². The molecule has 0 aromatic heterocycles. The standard InChI is InChI=1S/C11H12N2O3/c14-10(15)8-4-1-2-5-9(8)12-11(16)13-6-3-7-13/h1-2,4-5H,3,6-7H2,(H,12,16)(H,14,15). The molecule has 1 aliphatic rings. The molecule has 0 atom stereocenters. The lowest BCUT2D eigenvalue weighted by Gasteiger charge is -2.30. The van der Waals surface area contributed by atoms with Crippen molar-refractivity contribution in [3.05, 3.63) is 29.8 Å². The number of aromatic carboxylic acids is 1. The van der Waals surface area contributed by atoms with Gasteiger partial charge < -0.3 is 15.3 Å². The van der Waals surface area contributed by atoms with E-state index in [4.69, 9.17) is 5.11 Å². The van der Waals surface area contributed by atoms with Crippen molar-refractivity contribution in [1.82, 2.24) is 4.90 Å². The van der Waals surface area contributed by atoms with Gasteiger partial charge in [0.15, 0.2) is 0 Å². The van der Waals surface area contributed by atoms with Gasteiger partial charge in [-0.15, -0.1) is 0 Å². The summed E-state index contributed by atoms with van der Waals surface area (Å²) in [5.74, 6) is -1.04.